The quantitative estimate of drug-likeness (QED) is 0.0249. The molecule has 0 aromatic heterocycles. The van der Waals surface area contributed by atoms with Crippen molar-refractivity contribution in [1.29, 1.82) is 0 Å². The van der Waals surface area contributed by atoms with Gasteiger partial charge in [0.15, 0.2) is 0 Å². The molecule has 0 aliphatic heterocycles. The van der Waals surface area contributed by atoms with E-state index < -0.39 is 27.8 Å². The second-order valence-corrected chi connectivity index (χ2v) is 11.5. The second kappa shape index (κ2) is 29.1. The van der Waals surface area contributed by atoms with Crippen LogP contribution in [0.1, 0.15) is 90.4 Å². The van der Waals surface area contributed by atoms with Gasteiger partial charge in [0.1, 0.15) is 0 Å². The van der Waals surface area contributed by atoms with Crippen LogP contribution in [0.3, 0.4) is 0 Å². The van der Waals surface area contributed by atoms with Crippen molar-refractivity contribution in [3.63, 3.8) is 0 Å². The molecule has 0 aromatic rings. The average molecular weight is 722 g/mol. The van der Waals surface area contributed by atoms with Crippen molar-refractivity contribution < 1.29 is 72.0 Å². The van der Waals surface area contributed by atoms with Crippen molar-refractivity contribution in [3.8, 4) is 0 Å². The van der Waals surface area contributed by atoms with Crippen LogP contribution in [-0.2, 0) is 53.6 Å². The smallest absolute Gasteiger partial charge is 0.261 e. The molecule has 0 aromatic carbocycles. The van der Waals surface area contributed by atoms with E-state index in [1.807, 2.05) is 0 Å². The predicted octanol–water partition coefficient (Wildman–Crippen LogP) is 0.424. The first-order valence-electron chi connectivity index (χ1n) is 14.7. The molecule has 0 aliphatic rings. The summed E-state index contributed by atoms with van der Waals surface area (Å²) in [6, 6.07) is 0. The summed E-state index contributed by atoms with van der Waals surface area (Å²) in [5.41, 5.74) is 5.39. The third kappa shape index (κ3) is 34.4. The maximum atomic E-state index is 12.0. The molecule has 0 atom stereocenters. The zero-order chi connectivity index (χ0) is 34.0. The topological polar surface area (TPSA) is 260 Å². The molecule has 0 radical (unpaired) electrons. The Hall–Kier alpha value is -2.28. The number of hydroxylamine groups is 6. The Bertz CT molecular complexity index is 952. The molecule has 0 rings (SSSR count). The largest absolute Gasteiger partial charge is 0.356 e. The van der Waals surface area contributed by atoms with Gasteiger partial charge < -0.3 is 16.4 Å². The van der Waals surface area contributed by atoms with Crippen molar-refractivity contribution >= 4 is 39.7 Å². The van der Waals surface area contributed by atoms with Crippen LogP contribution in [0.2, 0.25) is 0 Å². The molecule has 0 bridgehead atoms. The van der Waals surface area contributed by atoms with E-state index in [4.69, 9.17) is 10.3 Å². The molecule has 0 unspecified atom stereocenters. The first-order valence-corrected chi connectivity index (χ1v) is 16.5. The summed E-state index contributed by atoms with van der Waals surface area (Å²) in [5, 5.41) is 36.1. The molecule has 8 N–H and O–H groups in total. The van der Waals surface area contributed by atoms with Gasteiger partial charge in [-0.2, -0.15) is 8.42 Å². The van der Waals surface area contributed by atoms with E-state index in [-0.39, 0.29) is 76.6 Å². The molecular weight excluding hydrogens is 670 g/mol. The molecule has 0 saturated heterocycles. The van der Waals surface area contributed by atoms with Crippen LogP contribution < -0.4 is 16.4 Å². The van der Waals surface area contributed by atoms with E-state index in [0.29, 0.717) is 79.6 Å². The first-order chi connectivity index (χ1) is 20.6. The van der Waals surface area contributed by atoms with Gasteiger partial charge in [0.25, 0.3) is 10.1 Å². The van der Waals surface area contributed by atoms with Crippen molar-refractivity contribution in [2.24, 2.45) is 5.73 Å². The number of nitrogens with zero attached hydrogens (tertiary/aromatic N) is 3. The zero-order valence-electron chi connectivity index (χ0n) is 26.6. The maximum absolute atomic E-state index is 12.0. The van der Waals surface area contributed by atoms with Crippen molar-refractivity contribution in [2.75, 3.05) is 45.5 Å². The summed E-state index contributed by atoms with van der Waals surface area (Å²) in [5.74, 6) is -2.05. The maximum Gasteiger partial charge on any atom is 0.261 e. The molecule has 17 nitrogen and oxygen atoms in total. The van der Waals surface area contributed by atoms with Crippen molar-refractivity contribution in [3.05, 3.63) is 0 Å². The van der Waals surface area contributed by atoms with Gasteiger partial charge in [0.05, 0.1) is 6.26 Å². The van der Waals surface area contributed by atoms with Gasteiger partial charge in [-0.15, -0.1) is 0 Å². The number of amides is 5. The minimum atomic E-state index is -3.67. The Morgan fingerprint density at radius 2 is 0.956 bits per heavy atom. The van der Waals surface area contributed by atoms with Crippen LogP contribution in [-0.4, -0.2) is 119 Å². The van der Waals surface area contributed by atoms with Crippen LogP contribution >= 0.6 is 0 Å². The number of unbranched alkanes of at least 4 members (excludes halogenated alkanes) is 6. The van der Waals surface area contributed by atoms with Crippen LogP contribution in [0, 0.1) is 0 Å². The fourth-order valence-electron chi connectivity index (χ4n) is 3.45. The minimum absolute atomic E-state index is 0. The van der Waals surface area contributed by atoms with Gasteiger partial charge in [0, 0.05) is 84.8 Å². The standard InChI is InChI=1S/C25H48N6O8.CH4O3S.Zn/c1-21(32)29(37)18-9-3-6-16-27-22(33)12-14-25(36)31(39)20-10-4-7-17-28-23(34)11-13-24(35)30(38)19-8-2-5-15-26;1-5(2,3)4;/h37-39H,2-20,26H2,1H3,(H,27,33)(H,28,34);1H3,(H,2,3,4);. The van der Waals surface area contributed by atoms with Gasteiger partial charge in [-0.25, -0.2) is 15.2 Å². The van der Waals surface area contributed by atoms with Crippen molar-refractivity contribution in [1.82, 2.24) is 25.8 Å². The number of rotatable bonds is 23. The van der Waals surface area contributed by atoms with E-state index in [1.165, 1.54) is 6.92 Å². The molecule has 0 spiro atoms. The summed E-state index contributed by atoms with van der Waals surface area (Å²) >= 11 is 0. The molecule has 260 valence electrons. The summed E-state index contributed by atoms with van der Waals surface area (Å²) in [7, 11) is -3.67. The molecule has 19 heteroatoms. The van der Waals surface area contributed by atoms with Crippen LogP contribution in [0.15, 0.2) is 0 Å². The summed E-state index contributed by atoms with van der Waals surface area (Å²) in [6.07, 6.45) is 6.55. The van der Waals surface area contributed by atoms with E-state index in [2.05, 4.69) is 10.6 Å². The molecule has 0 heterocycles. The number of nitrogens with two attached hydrogens (primary N) is 1. The molecular formula is C26H52N6O11SZn. The predicted molar refractivity (Wildman–Crippen MR) is 159 cm³/mol. The number of hydrogen-bond donors (Lipinski definition) is 7. The molecule has 0 saturated carbocycles. The van der Waals surface area contributed by atoms with Gasteiger partial charge in [-0.05, 0) is 57.9 Å². The third-order valence-corrected chi connectivity index (χ3v) is 5.88. The van der Waals surface area contributed by atoms with Gasteiger partial charge in [-0.3, -0.25) is 44.1 Å². The number of nitrogens with one attached hydrogen (secondary N) is 2. The minimum Gasteiger partial charge on any atom is -0.356 e. The molecule has 0 fully saturated rings. The van der Waals surface area contributed by atoms with E-state index >= 15 is 0 Å². The molecule has 0 aliphatic carbocycles. The second-order valence-electron chi connectivity index (χ2n) is 10.1. The summed E-state index contributed by atoms with van der Waals surface area (Å²) in [4.78, 5) is 58.4. The monoisotopic (exact) mass is 720 g/mol. The number of hydrogen-bond acceptors (Lipinski definition) is 11. The Balaban J connectivity index is -0.00000270. The Kier molecular flexibility index (Phi) is 30.5. The first kappa shape index (κ1) is 47.1. The van der Waals surface area contributed by atoms with E-state index in [0.717, 1.165) is 19.3 Å². The van der Waals surface area contributed by atoms with Crippen LogP contribution in [0.5, 0.6) is 0 Å². The Labute approximate surface area is 278 Å². The number of carbonyl (C=O) groups is 5. The van der Waals surface area contributed by atoms with Crippen LogP contribution in [0.25, 0.3) is 0 Å². The fraction of sp³-hybridized carbons (Fsp3) is 0.808. The molecule has 5 amide bonds. The van der Waals surface area contributed by atoms with E-state index in [1.54, 1.807) is 0 Å². The molecule has 45 heavy (non-hydrogen) atoms. The zero-order valence-corrected chi connectivity index (χ0v) is 30.4. The number of carbonyl (C=O) groups excluding carboxylic acids is 5. The average Bonchev–Trinajstić information content (AvgIpc) is 2.94. The van der Waals surface area contributed by atoms with Crippen molar-refractivity contribution in [2.45, 2.75) is 90.4 Å². The fourth-order valence-corrected chi connectivity index (χ4v) is 3.45. The van der Waals surface area contributed by atoms with Crippen LogP contribution in [0.4, 0.5) is 0 Å². The SMILES string of the molecule is CC(=O)N(O)CCCCCNC(=O)CCC(=O)N(O)CCCCCNC(=O)CCC(=O)N(O)CCCCCN.CS(=O)(=O)O.[Zn]. The van der Waals surface area contributed by atoms with E-state index in [9.17, 15) is 48.0 Å². The van der Waals surface area contributed by atoms with Gasteiger partial charge in [-0.1, -0.05) is 6.42 Å². The normalized spacial score (nSPS) is 10.5. The summed E-state index contributed by atoms with van der Waals surface area (Å²) in [6.45, 7) is 3.22. The summed E-state index contributed by atoms with van der Waals surface area (Å²) < 4.78 is 25.9. The Morgan fingerprint density at radius 3 is 1.29 bits per heavy atom. The van der Waals surface area contributed by atoms with Gasteiger partial charge in [0.2, 0.25) is 29.5 Å². The Morgan fingerprint density at radius 1 is 0.622 bits per heavy atom. The van der Waals surface area contributed by atoms with Gasteiger partial charge >= 0.3 is 0 Å². The third-order valence-electron chi connectivity index (χ3n) is 5.88.